The maximum atomic E-state index is 12.3. The van der Waals surface area contributed by atoms with Gasteiger partial charge in [-0.05, 0) is 24.6 Å². The third kappa shape index (κ3) is 1.33. The molecule has 0 bridgehead atoms. The number of hydrogen-bond donors (Lipinski definition) is 0. The summed E-state index contributed by atoms with van der Waals surface area (Å²) in [5.41, 5.74) is -0.0227. The standard InChI is InChI=1S/C13H11ClO3/c1-2-5-13-11(16)8-4-3-7(14)6-9(8)10(15)12(13)17-13/h3-4,6,12H,2,5H2,1H3. The Bertz CT molecular complexity index is 537. The Balaban J connectivity index is 2.12. The Morgan fingerprint density at radius 2 is 2.12 bits per heavy atom. The molecular weight excluding hydrogens is 240 g/mol. The lowest BCUT2D eigenvalue weighted by Gasteiger charge is -2.17. The van der Waals surface area contributed by atoms with Gasteiger partial charge in [-0.25, -0.2) is 0 Å². The first-order valence-corrected chi connectivity index (χ1v) is 6.04. The zero-order valence-corrected chi connectivity index (χ0v) is 10.1. The minimum Gasteiger partial charge on any atom is -0.349 e. The van der Waals surface area contributed by atoms with Crippen molar-refractivity contribution in [2.45, 2.75) is 31.5 Å². The topological polar surface area (TPSA) is 46.7 Å². The first-order valence-electron chi connectivity index (χ1n) is 5.66. The van der Waals surface area contributed by atoms with Crippen molar-refractivity contribution in [3.8, 4) is 0 Å². The molecule has 3 nitrogen and oxygen atoms in total. The van der Waals surface area contributed by atoms with Crippen LogP contribution < -0.4 is 0 Å². The first kappa shape index (κ1) is 10.9. The summed E-state index contributed by atoms with van der Waals surface area (Å²) in [6, 6.07) is 4.80. The molecule has 1 aromatic carbocycles. The highest BCUT2D eigenvalue weighted by atomic mass is 35.5. The van der Waals surface area contributed by atoms with Gasteiger partial charge in [0.2, 0.25) is 0 Å². The molecule has 0 radical (unpaired) electrons. The molecule has 0 saturated carbocycles. The van der Waals surface area contributed by atoms with E-state index in [1.165, 1.54) is 0 Å². The second-order valence-electron chi connectivity index (χ2n) is 4.52. The number of fused-ring (bicyclic) bond motifs is 2. The molecule has 1 aromatic rings. The van der Waals surface area contributed by atoms with Crippen molar-refractivity contribution in [3.05, 3.63) is 34.3 Å². The lowest BCUT2D eigenvalue weighted by molar-refractivity contribution is 0.0852. The Morgan fingerprint density at radius 1 is 1.35 bits per heavy atom. The fourth-order valence-corrected chi connectivity index (χ4v) is 2.75. The second-order valence-corrected chi connectivity index (χ2v) is 4.96. The first-order chi connectivity index (χ1) is 8.10. The molecule has 4 heteroatoms. The molecule has 0 aromatic heterocycles. The largest absolute Gasteiger partial charge is 0.349 e. The van der Waals surface area contributed by atoms with E-state index in [0.717, 1.165) is 6.42 Å². The van der Waals surface area contributed by atoms with E-state index in [4.69, 9.17) is 16.3 Å². The molecule has 2 aliphatic rings. The lowest BCUT2D eigenvalue weighted by atomic mass is 9.80. The zero-order chi connectivity index (χ0) is 12.2. The van der Waals surface area contributed by atoms with Crippen LogP contribution in [0.2, 0.25) is 5.02 Å². The van der Waals surface area contributed by atoms with Gasteiger partial charge in [-0.1, -0.05) is 24.9 Å². The SMILES string of the molecule is CCCC12OC1C(=O)c1cc(Cl)ccc1C2=O. The third-order valence-electron chi connectivity index (χ3n) is 3.43. The predicted molar refractivity (Wildman–Crippen MR) is 62.6 cm³/mol. The van der Waals surface area contributed by atoms with E-state index in [-0.39, 0.29) is 11.6 Å². The number of ether oxygens (including phenoxy) is 1. The number of carbonyl (C=O) groups is 2. The number of carbonyl (C=O) groups excluding carboxylic acids is 2. The Morgan fingerprint density at radius 3 is 2.82 bits per heavy atom. The molecule has 1 fully saturated rings. The minimum atomic E-state index is -0.868. The van der Waals surface area contributed by atoms with Crippen LogP contribution in [0.1, 0.15) is 40.5 Å². The van der Waals surface area contributed by atoms with Gasteiger partial charge in [0.15, 0.2) is 23.3 Å². The van der Waals surface area contributed by atoms with E-state index in [1.54, 1.807) is 18.2 Å². The van der Waals surface area contributed by atoms with Gasteiger partial charge in [-0.3, -0.25) is 9.59 Å². The number of hydrogen-bond acceptors (Lipinski definition) is 3. The van der Waals surface area contributed by atoms with E-state index in [1.807, 2.05) is 6.92 Å². The van der Waals surface area contributed by atoms with Gasteiger partial charge in [0.05, 0.1) is 0 Å². The van der Waals surface area contributed by atoms with Crippen molar-refractivity contribution in [2.24, 2.45) is 0 Å². The summed E-state index contributed by atoms with van der Waals surface area (Å²) in [6.45, 7) is 1.97. The Kier molecular flexibility index (Phi) is 2.19. The molecular formula is C13H11ClO3. The highest BCUT2D eigenvalue weighted by molar-refractivity contribution is 6.32. The molecule has 0 amide bonds. The Hall–Kier alpha value is -1.19. The maximum absolute atomic E-state index is 12.3. The fraction of sp³-hybridized carbons (Fsp3) is 0.385. The average molecular weight is 251 g/mol. The molecule has 1 aliphatic carbocycles. The normalized spacial score (nSPS) is 29.9. The van der Waals surface area contributed by atoms with Crippen molar-refractivity contribution >= 4 is 23.2 Å². The molecule has 1 saturated heterocycles. The van der Waals surface area contributed by atoms with Gasteiger partial charge >= 0.3 is 0 Å². The average Bonchev–Trinajstić information content (AvgIpc) is 3.03. The van der Waals surface area contributed by atoms with E-state index >= 15 is 0 Å². The van der Waals surface area contributed by atoms with Gasteiger partial charge in [0.1, 0.15) is 0 Å². The van der Waals surface area contributed by atoms with Crippen LogP contribution in [-0.2, 0) is 4.74 Å². The highest BCUT2D eigenvalue weighted by Crippen LogP contribution is 2.49. The molecule has 88 valence electrons. The Labute approximate surface area is 104 Å². The van der Waals surface area contributed by atoms with Crippen LogP contribution in [0.15, 0.2) is 18.2 Å². The molecule has 17 heavy (non-hydrogen) atoms. The van der Waals surface area contributed by atoms with E-state index in [0.29, 0.717) is 22.6 Å². The number of epoxide rings is 1. The zero-order valence-electron chi connectivity index (χ0n) is 9.33. The van der Waals surface area contributed by atoms with Gasteiger partial charge in [0, 0.05) is 16.1 Å². The highest BCUT2D eigenvalue weighted by Gasteiger charge is 2.68. The quantitative estimate of drug-likeness (QED) is 0.758. The lowest BCUT2D eigenvalue weighted by Crippen LogP contribution is -2.36. The molecule has 0 spiro atoms. The molecule has 1 heterocycles. The van der Waals surface area contributed by atoms with Crippen molar-refractivity contribution in [2.75, 3.05) is 0 Å². The predicted octanol–water partition coefficient (Wildman–Crippen LogP) is 2.66. The number of Topliss-reactive ketones (excluding diaryl/α,β-unsaturated/α-hetero) is 2. The number of halogens is 1. The summed E-state index contributed by atoms with van der Waals surface area (Å²) in [5.74, 6) is -0.189. The molecule has 0 N–H and O–H groups in total. The van der Waals surface area contributed by atoms with Crippen LogP contribution in [0, 0.1) is 0 Å². The fourth-order valence-electron chi connectivity index (χ4n) is 2.58. The number of benzene rings is 1. The van der Waals surface area contributed by atoms with Crippen LogP contribution in [0.5, 0.6) is 0 Å². The van der Waals surface area contributed by atoms with Crippen molar-refractivity contribution in [1.29, 1.82) is 0 Å². The maximum Gasteiger partial charge on any atom is 0.198 e. The third-order valence-corrected chi connectivity index (χ3v) is 3.67. The van der Waals surface area contributed by atoms with E-state index in [9.17, 15) is 9.59 Å². The second kappa shape index (κ2) is 3.40. The molecule has 2 unspecified atom stereocenters. The van der Waals surface area contributed by atoms with Crippen molar-refractivity contribution in [3.63, 3.8) is 0 Å². The van der Waals surface area contributed by atoms with E-state index < -0.39 is 11.7 Å². The van der Waals surface area contributed by atoms with Crippen LogP contribution in [0.4, 0.5) is 0 Å². The van der Waals surface area contributed by atoms with Gasteiger partial charge in [0.25, 0.3) is 0 Å². The summed E-state index contributed by atoms with van der Waals surface area (Å²) in [4.78, 5) is 24.4. The summed E-state index contributed by atoms with van der Waals surface area (Å²) in [6.07, 6.45) is 0.837. The van der Waals surface area contributed by atoms with E-state index in [2.05, 4.69) is 0 Å². The van der Waals surface area contributed by atoms with Crippen LogP contribution >= 0.6 is 11.6 Å². The summed E-state index contributed by atoms with van der Waals surface area (Å²) >= 11 is 5.84. The van der Waals surface area contributed by atoms with Gasteiger partial charge in [-0.15, -0.1) is 0 Å². The smallest absolute Gasteiger partial charge is 0.198 e. The van der Waals surface area contributed by atoms with Gasteiger partial charge < -0.3 is 4.74 Å². The van der Waals surface area contributed by atoms with Crippen molar-refractivity contribution < 1.29 is 14.3 Å². The molecule has 3 rings (SSSR count). The van der Waals surface area contributed by atoms with Gasteiger partial charge in [-0.2, -0.15) is 0 Å². The number of rotatable bonds is 2. The molecule has 1 aliphatic heterocycles. The van der Waals surface area contributed by atoms with Crippen LogP contribution in [0.25, 0.3) is 0 Å². The summed E-state index contributed by atoms with van der Waals surface area (Å²) in [5, 5.41) is 0.466. The van der Waals surface area contributed by atoms with Crippen LogP contribution in [0.3, 0.4) is 0 Å². The van der Waals surface area contributed by atoms with Crippen molar-refractivity contribution in [1.82, 2.24) is 0 Å². The molecule has 2 atom stereocenters. The number of ketones is 2. The van der Waals surface area contributed by atoms with Crippen LogP contribution in [-0.4, -0.2) is 23.3 Å². The minimum absolute atomic E-state index is 0.0735. The summed E-state index contributed by atoms with van der Waals surface area (Å²) < 4.78 is 5.41. The summed E-state index contributed by atoms with van der Waals surface area (Å²) in [7, 11) is 0. The monoisotopic (exact) mass is 250 g/mol.